The Morgan fingerprint density at radius 2 is 1.43 bits per heavy atom. The number of hydrogen-bond donors (Lipinski definition) is 0. The summed E-state index contributed by atoms with van der Waals surface area (Å²) in [5, 5.41) is 0. The third kappa shape index (κ3) is 4.42. The van der Waals surface area contributed by atoms with Crippen molar-refractivity contribution in [2.75, 3.05) is 20.3 Å². The molecule has 0 aliphatic carbocycles. The lowest BCUT2D eigenvalue weighted by Crippen LogP contribution is -2.06. The van der Waals surface area contributed by atoms with Gasteiger partial charge in [0.15, 0.2) is 0 Å². The van der Waals surface area contributed by atoms with Crippen LogP contribution in [0.15, 0.2) is 42.5 Å². The van der Waals surface area contributed by atoms with Gasteiger partial charge in [0, 0.05) is 12.5 Å². The van der Waals surface area contributed by atoms with E-state index in [2.05, 4.69) is 26.0 Å². The molecule has 0 aliphatic heterocycles. The van der Waals surface area contributed by atoms with E-state index >= 15 is 0 Å². The highest BCUT2D eigenvalue weighted by Gasteiger charge is 2.03. The van der Waals surface area contributed by atoms with Crippen molar-refractivity contribution in [2.24, 2.45) is 0 Å². The monoisotopic (exact) mass is 286 g/mol. The van der Waals surface area contributed by atoms with E-state index in [1.165, 1.54) is 11.1 Å². The van der Waals surface area contributed by atoms with Crippen LogP contribution in [0.3, 0.4) is 0 Å². The topological polar surface area (TPSA) is 27.7 Å². The molecule has 0 unspecified atom stereocenters. The molecule has 3 heteroatoms. The summed E-state index contributed by atoms with van der Waals surface area (Å²) in [6, 6.07) is 13.8. The van der Waals surface area contributed by atoms with Gasteiger partial charge in [0.1, 0.15) is 17.2 Å². The molecule has 0 bridgehead atoms. The summed E-state index contributed by atoms with van der Waals surface area (Å²) in [7, 11) is 1.65. The summed E-state index contributed by atoms with van der Waals surface area (Å²) in [6.45, 7) is 5.40. The van der Waals surface area contributed by atoms with Gasteiger partial charge >= 0.3 is 0 Å². The Balaban J connectivity index is 1.75. The molecule has 2 aromatic rings. The highest BCUT2D eigenvalue weighted by molar-refractivity contribution is 5.39. The van der Waals surface area contributed by atoms with Crippen LogP contribution in [0.2, 0.25) is 0 Å². The molecular formula is C18H22O3. The maximum Gasteiger partial charge on any atom is 0.125 e. The van der Waals surface area contributed by atoms with Crippen molar-refractivity contribution in [1.82, 2.24) is 0 Å². The smallest absolute Gasteiger partial charge is 0.125 e. The second-order valence-corrected chi connectivity index (χ2v) is 4.95. The van der Waals surface area contributed by atoms with E-state index in [4.69, 9.17) is 14.2 Å². The van der Waals surface area contributed by atoms with Crippen LogP contribution in [-0.4, -0.2) is 20.3 Å². The van der Waals surface area contributed by atoms with Crippen LogP contribution in [0.4, 0.5) is 0 Å². The Morgan fingerprint density at radius 1 is 0.810 bits per heavy atom. The van der Waals surface area contributed by atoms with E-state index in [0.29, 0.717) is 13.2 Å². The molecule has 0 aromatic heterocycles. The maximum absolute atomic E-state index is 5.85. The summed E-state index contributed by atoms with van der Waals surface area (Å²) in [6.07, 6.45) is 0.838. The molecule has 0 saturated heterocycles. The zero-order valence-corrected chi connectivity index (χ0v) is 12.9. The second-order valence-electron chi connectivity index (χ2n) is 4.95. The molecule has 0 amide bonds. The fraction of sp³-hybridized carbons (Fsp3) is 0.333. The van der Waals surface area contributed by atoms with E-state index in [1.807, 2.05) is 30.3 Å². The predicted octanol–water partition coefficient (Wildman–Crippen LogP) is 4.16. The van der Waals surface area contributed by atoms with Gasteiger partial charge in [-0.3, -0.25) is 0 Å². The fourth-order valence-corrected chi connectivity index (χ4v) is 2.14. The van der Waals surface area contributed by atoms with Gasteiger partial charge in [-0.1, -0.05) is 24.3 Å². The minimum absolute atomic E-state index is 0.623. The second kappa shape index (κ2) is 7.58. The van der Waals surface area contributed by atoms with Crippen molar-refractivity contribution in [1.29, 1.82) is 0 Å². The number of rotatable bonds is 7. The van der Waals surface area contributed by atoms with Crippen LogP contribution >= 0.6 is 0 Å². The molecule has 21 heavy (non-hydrogen) atoms. The normalized spacial score (nSPS) is 10.2. The summed E-state index contributed by atoms with van der Waals surface area (Å²) in [5.74, 6) is 2.61. The third-order valence-electron chi connectivity index (χ3n) is 3.25. The molecule has 112 valence electrons. The number of ether oxygens (including phenoxy) is 3. The van der Waals surface area contributed by atoms with E-state index in [-0.39, 0.29) is 0 Å². The van der Waals surface area contributed by atoms with E-state index < -0.39 is 0 Å². The Kier molecular flexibility index (Phi) is 5.50. The molecule has 2 aromatic carbocycles. The largest absolute Gasteiger partial charge is 0.497 e. The van der Waals surface area contributed by atoms with Gasteiger partial charge in [-0.25, -0.2) is 0 Å². The zero-order valence-electron chi connectivity index (χ0n) is 12.9. The van der Waals surface area contributed by atoms with Crippen LogP contribution in [0.1, 0.15) is 17.5 Å². The standard InChI is InChI=1S/C18H22O3/c1-14-7-4-8-15(2)18(14)21-12-6-11-20-17-10-5-9-16(13-17)19-3/h4-5,7-10,13H,6,11-12H2,1-3H3. The van der Waals surface area contributed by atoms with Gasteiger partial charge in [-0.15, -0.1) is 0 Å². The van der Waals surface area contributed by atoms with Gasteiger partial charge in [-0.05, 0) is 37.1 Å². The highest BCUT2D eigenvalue weighted by Crippen LogP contribution is 2.22. The molecule has 0 aliphatic rings. The molecule has 0 N–H and O–H groups in total. The lowest BCUT2D eigenvalue weighted by atomic mass is 10.1. The van der Waals surface area contributed by atoms with Crippen molar-refractivity contribution in [3.05, 3.63) is 53.6 Å². The zero-order chi connectivity index (χ0) is 15.1. The van der Waals surface area contributed by atoms with Crippen LogP contribution in [-0.2, 0) is 0 Å². The first-order valence-corrected chi connectivity index (χ1v) is 7.16. The van der Waals surface area contributed by atoms with Crippen molar-refractivity contribution in [3.8, 4) is 17.2 Å². The van der Waals surface area contributed by atoms with Gasteiger partial charge in [0.2, 0.25) is 0 Å². The Hall–Kier alpha value is -2.16. The molecular weight excluding hydrogens is 264 g/mol. The van der Waals surface area contributed by atoms with Crippen LogP contribution in [0, 0.1) is 13.8 Å². The Bertz CT molecular complexity index is 558. The van der Waals surface area contributed by atoms with Gasteiger partial charge in [-0.2, -0.15) is 0 Å². The van der Waals surface area contributed by atoms with E-state index in [0.717, 1.165) is 23.7 Å². The first-order valence-electron chi connectivity index (χ1n) is 7.16. The van der Waals surface area contributed by atoms with Crippen LogP contribution in [0.25, 0.3) is 0 Å². The molecule has 0 heterocycles. The molecule has 0 radical (unpaired) electrons. The summed E-state index contributed by atoms with van der Waals surface area (Å²) >= 11 is 0. The summed E-state index contributed by atoms with van der Waals surface area (Å²) < 4.78 is 16.7. The van der Waals surface area contributed by atoms with Crippen molar-refractivity contribution in [2.45, 2.75) is 20.3 Å². The van der Waals surface area contributed by atoms with Gasteiger partial charge < -0.3 is 14.2 Å². The molecule has 0 atom stereocenters. The highest BCUT2D eigenvalue weighted by atomic mass is 16.5. The fourth-order valence-electron chi connectivity index (χ4n) is 2.14. The SMILES string of the molecule is COc1cccc(OCCCOc2c(C)cccc2C)c1. The number of methoxy groups -OCH3 is 1. The average molecular weight is 286 g/mol. The number of hydrogen-bond acceptors (Lipinski definition) is 3. The number of benzene rings is 2. The predicted molar refractivity (Wildman–Crippen MR) is 84.5 cm³/mol. The van der Waals surface area contributed by atoms with E-state index in [9.17, 15) is 0 Å². The number of para-hydroxylation sites is 1. The van der Waals surface area contributed by atoms with Crippen molar-refractivity contribution >= 4 is 0 Å². The van der Waals surface area contributed by atoms with Crippen molar-refractivity contribution < 1.29 is 14.2 Å². The quantitative estimate of drug-likeness (QED) is 0.715. The first kappa shape index (κ1) is 15.2. The average Bonchev–Trinajstić information content (AvgIpc) is 2.50. The lowest BCUT2D eigenvalue weighted by molar-refractivity contribution is 0.245. The molecule has 2 rings (SSSR count). The first-order chi connectivity index (χ1) is 10.2. The van der Waals surface area contributed by atoms with Gasteiger partial charge in [0.05, 0.1) is 20.3 Å². The van der Waals surface area contributed by atoms with Crippen LogP contribution < -0.4 is 14.2 Å². The maximum atomic E-state index is 5.85. The Morgan fingerprint density at radius 3 is 2.14 bits per heavy atom. The van der Waals surface area contributed by atoms with E-state index in [1.54, 1.807) is 7.11 Å². The number of aryl methyl sites for hydroxylation is 2. The summed E-state index contributed by atoms with van der Waals surface area (Å²) in [5.41, 5.74) is 2.34. The Labute approximate surface area is 126 Å². The van der Waals surface area contributed by atoms with Crippen LogP contribution in [0.5, 0.6) is 17.2 Å². The lowest BCUT2D eigenvalue weighted by Gasteiger charge is -2.12. The van der Waals surface area contributed by atoms with Crippen molar-refractivity contribution in [3.63, 3.8) is 0 Å². The minimum Gasteiger partial charge on any atom is -0.497 e. The molecule has 3 nitrogen and oxygen atoms in total. The molecule has 0 fully saturated rings. The molecule has 0 spiro atoms. The third-order valence-corrected chi connectivity index (χ3v) is 3.25. The molecule has 0 saturated carbocycles. The summed E-state index contributed by atoms with van der Waals surface area (Å²) in [4.78, 5) is 0. The van der Waals surface area contributed by atoms with Gasteiger partial charge in [0.25, 0.3) is 0 Å². The minimum atomic E-state index is 0.623.